The van der Waals surface area contributed by atoms with Crippen LogP contribution in [0.4, 0.5) is 0 Å². The molecule has 1 aromatic heterocycles. The Morgan fingerprint density at radius 2 is 1.67 bits per heavy atom. The number of carbonyl (C=O) groups excluding carboxylic acids is 1. The Hall–Kier alpha value is -3.73. The third kappa shape index (κ3) is 4.72. The van der Waals surface area contributed by atoms with Crippen molar-refractivity contribution in [3.63, 3.8) is 0 Å². The molecule has 3 aromatic carbocycles. The summed E-state index contributed by atoms with van der Waals surface area (Å²) in [6.07, 6.45) is 3.52. The summed E-state index contributed by atoms with van der Waals surface area (Å²) in [5, 5.41) is 23.2. The van der Waals surface area contributed by atoms with Gasteiger partial charge in [-0.05, 0) is 78.6 Å². The van der Waals surface area contributed by atoms with Crippen LogP contribution in [0.15, 0.2) is 66.7 Å². The van der Waals surface area contributed by atoms with E-state index < -0.39 is 0 Å². The van der Waals surface area contributed by atoms with Crippen molar-refractivity contribution in [1.82, 2.24) is 9.88 Å². The van der Waals surface area contributed by atoms with E-state index in [-0.39, 0.29) is 11.7 Å². The highest BCUT2D eigenvalue weighted by Gasteiger charge is 2.17. The van der Waals surface area contributed by atoms with E-state index in [9.17, 15) is 15.0 Å². The number of hydrogen-bond acceptors (Lipinski definition) is 3. The standard InChI is InChI=1S/C20H23NO2.C8H7NO/c1-3-4-5-12-21-19-11-10-17(23)13-18(19)14(2)20(21)15-6-8-16(22)9-7-15;10-8-7-4-2-1-3-6(7)5-9-8/h6-11,13,22-23H,3-5,12H2,1-2H3;1-4H,5H2,(H,9,10). The van der Waals surface area contributed by atoms with Gasteiger partial charge in [-0.3, -0.25) is 4.79 Å². The van der Waals surface area contributed by atoms with E-state index >= 15 is 0 Å². The van der Waals surface area contributed by atoms with Crippen molar-refractivity contribution in [2.24, 2.45) is 0 Å². The molecule has 0 radical (unpaired) electrons. The number of nitrogens with one attached hydrogen (secondary N) is 1. The van der Waals surface area contributed by atoms with Crippen LogP contribution in [0.3, 0.4) is 0 Å². The zero-order valence-electron chi connectivity index (χ0n) is 19.1. The summed E-state index contributed by atoms with van der Waals surface area (Å²) in [6.45, 7) is 5.95. The highest BCUT2D eigenvalue weighted by molar-refractivity contribution is 5.98. The van der Waals surface area contributed by atoms with Gasteiger partial charge in [0.25, 0.3) is 5.91 Å². The molecule has 4 aromatic rings. The SMILES string of the molecule is CCCCCn1c(-c2ccc(O)cc2)c(C)c2cc(O)ccc21.O=C1NCc2ccccc21. The highest BCUT2D eigenvalue weighted by atomic mass is 16.3. The van der Waals surface area contributed by atoms with Gasteiger partial charge in [0, 0.05) is 29.6 Å². The molecule has 0 fully saturated rings. The number of phenols is 2. The molecule has 0 aliphatic carbocycles. The van der Waals surface area contributed by atoms with Gasteiger partial charge in [-0.15, -0.1) is 0 Å². The third-order valence-electron chi connectivity index (χ3n) is 6.13. The van der Waals surface area contributed by atoms with Crippen LogP contribution in [0.25, 0.3) is 22.2 Å². The minimum Gasteiger partial charge on any atom is -0.508 e. The van der Waals surface area contributed by atoms with Gasteiger partial charge in [-0.2, -0.15) is 0 Å². The summed E-state index contributed by atoms with van der Waals surface area (Å²) < 4.78 is 2.34. The second-order valence-electron chi connectivity index (χ2n) is 8.42. The fourth-order valence-electron chi connectivity index (χ4n) is 4.42. The molecule has 0 bridgehead atoms. The molecule has 5 heteroatoms. The minimum atomic E-state index is 0.0515. The summed E-state index contributed by atoms with van der Waals surface area (Å²) in [6, 6.07) is 20.6. The van der Waals surface area contributed by atoms with Gasteiger partial charge < -0.3 is 20.1 Å². The molecule has 0 atom stereocenters. The average molecular weight is 443 g/mol. The summed E-state index contributed by atoms with van der Waals surface area (Å²) in [4.78, 5) is 11.0. The van der Waals surface area contributed by atoms with Crippen LogP contribution in [-0.4, -0.2) is 20.7 Å². The third-order valence-corrected chi connectivity index (χ3v) is 6.13. The van der Waals surface area contributed by atoms with Crippen LogP contribution in [0.5, 0.6) is 11.5 Å². The first-order valence-electron chi connectivity index (χ1n) is 11.5. The number of nitrogens with zero attached hydrogens (tertiary/aromatic N) is 1. The lowest BCUT2D eigenvalue weighted by Crippen LogP contribution is -2.12. The molecule has 0 unspecified atom stereocenters. The number of aromatic hydroxyl groups is 2. The van der Waals surface area contributed by atoms with Crippen molar-refractivity contribution in [2.45, 2.75) is 46.2 Å². The molecule has 0 saturated carbocycles. The first-order valence-corrected chi connectivity index (χ1v) is 11.5. The summed E-state index contributed by atoms with van der Waals surface area (Å²) in [5.41, 5.74) is 6.50. The Bertz CT molecular complexity index is 1270. The Morgan fingerprint density at radius 3 is 2.39 bits per heavy atom. The molecule has 0 spiro atoms. The van der Waals surface area contributed by atoms with E-state index in [1.54, 1.807) is 18.2 Å². The summed E-state index contributed by atoms with van der Waals surface area (Å²) >= 11 is 0. The maximum Gasteiger partial charge on any atom is 0.251 e. The van der Waals surface area contributed by atoms with Gasteiger partial charge in [0.15, 0.2) is 0 Å². The fraction of sp³-hybridized carbons (Fsp3) is 0.250. The zero-order chi connectivity index (χ0) is 23.4. The van der Waals surface area contributed by atoms with E-state index in [1.807, 2.05) is 48.5 Å². The van der Waals surface area contributed by atoms with Crippen molar-refractivity contribution in [1.29, 1.82) is 0 Å². The Balaban J connectivity index is 0.000000214. The number of fused-ring (bicyclic) bond motifs is 2. The first-order chi connectivity index (χ1) is 16.0. The molecular formula is C28H30N2O3. The largest absolute Gasteiger partial charge is 0.508 e. The lowest BCUT2D eigenvalue weighted by Gasteiger charge is -2.12. The van der Waals surface area contributed by atoms with Crippen molar-refractivity contribution >= 4 is 16.8 Å². The monoisotopic (exact) mass is 442 g/mol. The van der Waals surface area contributed by atoms with Crippen molar-refractivity contribution in [2.75, 3.05) is 0 Å². The maximum absolute atomic E-state index is 11.0. The van der Waals surface area contributed by atoms with Crippen molar-refractivity contribution < 1.29 is 15.0 Å². The number of amides is 1. The van der Waals surface area contributed by atoms with Gasteiger partial charge in [0.1, 0.15) is 11.5 Å². The van der Waals surface area contributed by atoms with E-state index in [2.05, 4.69) is 23.7 Å². The van der Waals surface area contributed by atoms with Gasteiger partial charge >= 0.3 is 0 Å². The predicted molar refractivity (Wildman–Crippen MR) is 133 cm³/mol. The first kappa shape index (κ1) is 22.5. The number of aryl methyl sites for hydroxylation is 2. The number of hydrogen-bond donors (Lipinski definition) is 3. The molecular weight excluding hydrogens is 412 g/mol. The van der Waals surface area contributed by atoms with Crippen LogP contribution in [0.1, 0.15) is 47.7 Å². The maximum atomic E-state index is 11.0. The lowest BCUT2D eigenvalue weighted by molar-refractivity contribution is 0.0965. The number of unbranched alkanes of at least 4 members (excludes halogenated alkanes) is 2. The number of benzene rings is 3. The molecule has 0 saturated heterocycles. The lowest BCUT2D eigenvalue weighted by atomic mass is 10.1. The molecule has 3 N–H and O–H groups in total. The van der Waals surface area contributed by atoms with E-state index in [1.165, 1.54) is 18.5 Å². The van der Waals surface area contributed by atoms with Crippen LogP contribution < -0.4 is 5.32 Å². The van der Waals surface area contributed by atoms with E-state index in [0.717, 1.165) is 46.1 Å². The second-order valence-corrected chi connectivity index (χ2v) is 8.42. The molecule has 1 aliphatic heterocycles. The molecule has 1 amide bonds. The van der Waals surface area contributed by atoms with Crippen molar-refractivity contribution in [3.8, 4) is 22.8 Å². The molecule has 170 valence electrons. The topological polar surface area (TPSA) is 74.5 Å². The second kappa shape index (κ2) is 9.82. The number of aromatic nitrogens is 1. The Labute approximate surface area is 194 Å². The van der Waals surface area contributed by atoms with Crippen LogP contribution in [-0.2, 0) is 13.1 Å². The van der Waals surface area contributed by atoms with Gasteiger partial charge in [0.05, 0.1) is 5.69 Å². The Kier molecular flexibility index (Phi) is 6.68. The van der Waals surface area contributed by atoms with Crippen LogP contribution in [0.2, 0.25) is 0 Å². The van der Waals surface area contributed by atoms with Crippen LogP contribution in [0, 0.1) is 6.92 Å². The average Bonchev–Trinajstić information content (AvgIpc) is 3.33. The summed E-state index contributed by atoms with van der Waals surface area (Å²) in [5.74, 6) is 0.622. The molecule has 33 heavy (non-hydrogen) atoms. The molecule has 5 rings (SSSR count). The molecule has 2 heterocycles. The summed E-state index contributed by atoms with van der Waals surface area (Å²) in [7, 11) is 0. The minimum absolute atomic E-state index is 0.0515. The van der Waals surface area contributed by atoms with Crippen LogP contribution >= 0.6 is 0 Å². The van der Waals surface area contributed by atoms with Gasteiger partial charge in [-0.1, -0.05) is 38.0 Å². The number of rotatable bonds is 5. The molecule has 5 nitrogen and oxygen atoms in total. The molecule has 1 aliphatic rings. The number of phenolic OH excluding ortho intramolecular Hbond substituents is 2. The quantitative estimate of drug-likeness (QED) is 0.325. The van der Waals surface area contributed by atoms with Crippen molar-refractivity contribution in [3.05, 3.63) is 83.4 Å². The number of carbonyl (C=O) groups is 1. The Morgan fingerprint density at radius 1 is 0.939 bits per heavy atom. The van der Waals surface area contributed by atoms with E-state index in [4.69, 9.17) is 0 Å². The fourth-order valence-corrected chi connectivity index (χ4v) is 4.42. The zero-order valence-corrected chi connectivity index (χ0v) is 19.1. The normalized spacial score (nSPS) is 12.2. The smallest absolute Gasteiger partial charge is 0.251 e. The predicted octanol–water partition coefficient (Wildman–Crippen LogP) is 6.15. The highest BCUT2D eigenvalue weighted by Crippen LogP contribution is 2.35. The van der Waals surface area contributed by atoms with Gasteiger partial charge in [0.2, 0.25) is 0 Å². The van der Waals surface area contributed by atoms with E-state index in [0.29, 0.717) is 12.3 Å². The van der Waals surface area contributed by atoms with Gasteiger partial charge in [-0.25, -0.2) is 0 Å².